The van der Waals surface area contributed by atoms with Crippen molar-refractivity contribution in [3.05, 3.63) is 109 Å². The first-order chi connectivity index (χ1) is 18.2. The molecular weight excluding hydrogens is 457 g/mol. The van der Waals surface area contributed by atoms with E-state index in [0.29, 0.717) is 16.6 Å². The molecule has 0 amide bonds. The van der Waals surface area contributed by atoms with E-state index in [4.69, 9.17) is 4.42 Å². The summed E-state index contributed by atoms with van der Waals surface area (Å²) in [6.07, 6.45) is 0. The summed E-state index contributed by atoms with van der Waals surface area (Å²) < 4.78 is 8.82. The Hall–Kier alpha value is -4.58. The third-order valence-corrected chi connectivity index (χ3v) is 7.56. The molecule has 2 N–H and O–H groups in total. The fourth-order valence-corrected chi connectivity index (χ4v) is 5.94. The predicted molar refractivity (Wildman–Crippen MR) is 153 cm³/mol. The van der Waals surface area contributed by atoms with E-state index in [1.54, 1.807) is 6.07 Å². The second-order valence-electron chi connectivity index (χ2n) is 9.59. The molecule has 0 radical (unpaired) electrons. The van der Waals surface area contributed by atoms with E-state index in [1.807, 2.05) is 30.3 Å². The normalized spacial score (nSPS) is 12.1. The average Bonchev–Trinajstić information content (AvgIpc) is 3.47. The Morgan fingerprint density at radius 3 is 2.03 bits per heavy atom. The standard InChI is InChI=1S/C32H20BNO3/c35-33(36)26-17-21-10-3-4-11-22(21)30-24-13-7-15-28(31(24)37-32(26)30)34-27-14-6-5-12-23(27)25-16-19-8-1-2-9-20(19)18-29(25)34/h1-18,35-36H. The summed E-state index contributed by atoms with van der Waals surface area (Å²) in [5.74, 6) is 0. The van der Waals surface area contributed by atoms with Crippen molar-refractivity contribution in [1.29, 1.82) is 0 Å². The molecule has 0 unspecified atom stereocenters. The van der Waals surface area contributed by atoms with Crippen LogP contribution in [0.2, 0.25) is 0 Å². The van der Waals surface area contributed by atoms with Crippen LogP contribution in [0.25, 0.3) is 71.0 Å². The van der Waals surface area contributed by atoms with E-state index in [9.17, 15) is 10.0 Å². The summed E-state index contributed by atoms with van der Waals surface area (Å²) in [6, 6.07) is 37.3. The van der Waals surface area contributed by atoms with Gasteiger partial charge in [-0.25, -0.2) is 0 Å². The minimum atomic E-state index is -1.64. The fraction of sp³-hybridized carbons (Fsp3) is 0. The Morgan fingerprint density at radius 1 is 0.541 bits per heavy atom. The number of hydrogen-bond donors (Lipinski definition) is 2. The maximum absolute atomic E-state index is 10.2. The van der Waals surface area contributed by atoms with Gasteiger partial charge in [0.1, 0.15) is 5.58 Å². The van der Waals surface area contributed by atoms with Gasteiger partial charge in [-0.2, -0.15) is 0 Å². The number of furan rings is 1. The van der Waals surface area contributed by atoms with Crippen molar-refractivity contribution in [2.75, 3.05) is 0 Å². The minimum Gasteiger partial charge on any atom is -0.454 e. The Morgan fingerprint density at radius 2 is 1.22 bits per heavy atom. The van der Waals surface area contributed by atoms with Gasteiger partial charge in [0.2, 0.25) is 0 Å². The van der Waals surface area contributed by atoms with Crippen molar-refractivity contribution >= 4 is 77.9 Å². The van der Waals surface area contributed by atoms with E-state index in [1.165, 1.54) is 21.5 Å². The van der Waals surface area contributed by atoms with Crippen LogP contribution in [0.5, 0.6) is 0 Å². The van der Waals surface area contributed by atoms with E-state index >= 15 is 0 Å². The second kappa shape index (κ2) is 7.46. The number of hydrogen-bond acceptors (Lipinski definition) is 3. The zero-order chi connectivity index (χ0) is 24.7. The molecule has 2 aromatic heterocycles. The van der Waals surface area contributed by atoms with E-state index in [0.717, 1.165) is 38.3 Å². The summed E-state index contributed by atoms with van der Waals surface area (Å²) >= 11 is 0. The number of nitrogens with zero attached hydrogens (tertiary/aromatic N) is 1. The highest BCUT2D eigenvalue weighted by molar-refractivity contribution is 6.62. The van der Waals surface area contributed by atoms with Crippen molar-refractivity contribution < 1.29 is 14.5 Å². The van der Waals surface area contributed by atoms with Crippen LogP contribution in [0.1, 0.15) is 0 Å². The molecule has 0 atom stereocenters. The molecule has 6 aromatic carbocycles. The van der Waals surface area contributed by atoms with Crippen LogP contribution in [0.3, 0.4) is 0 Å². The van der Waals surface area contributed by atoms with Crippen molar-refractivity contribution in [2.45, 2.75) is 0 Å². The van der Waals surface area contributed by atoms with Crippen LogP contribution in [-0.2, 0) is 0 Å². The summed E-state index contributed by atoms with van der Waals surface area (Å²) in [5, 5.41) is 29.0. The number of benzene rings is 6. The first-order valence-electron chi connectivity index (χ1n) is 12.3. The van der Waals surface area contributed by atoms with Crippen LogP contribution in [0.4, 0.5) is 0 Å². The van der Waals surface area contributed by atoms with Gasteiger partial charge in [-0.15, -0.1) is 0 Å². The van der Waals surface area contributed by atoms with Gasteiger partial charge in [0, 0.05) is 27.0 Å². The Balaban J connectivity index is 1.57. The molecule has 8 aromatic rings. The Labute approximate surface area is 211 Å². The maximum atomic E-state index is 10.2. The quantitative estimate of drug-likeness (QED) is 0.274. The zero-order valence-electron chi connectivity index (χ0n) is 19.7. The first kappa shape index (κ1) is 20.6. The van der Waals surface area contributed by atoms with Gasteiger partial charge < -0.3 is 19.0 Å². The number of para-hydroxylation sites is 2. The molecular formula is C32H20BNO3. The van der Waals surface area contributed by atoms with Crippen molar-refractivity contribution in [2.24, 2.45) is 0 Å². The van der Waals surface area contributed by atoms with Crippen molar-refractivity contribution in [3.8, 4) is 5.69 Å². The highest BCUT2D eigenvalue weighted by atomic mass is 16.4. The van der Waals surface area contributed by atoms with Crippen LogP contribution in [-0.4, -0.2) is 21.7 Å². The summed E-state index contributed by atoms with van der Waals surface area (Å²) in [7, 11) is -1.64. The third kappa shape index (κ3) is 2.81. The molecule has 0 spiro atoms. The molecule has 0 bridgehead atoms. The molecule has 5 heteroatoms. The van der Waals surface area contributed by atoms with Crippen LogP contribution in [0, 0.1) is 0 Å². The third-order valence-electron chi connectivity index (χ3n) is 7.56. The van der Waals surface area contributed by atoms with E-state index in [2.05, 4.69) is 77.4 Å². The largest absolute Gasteiger partial charge is 0.492 e. The topological polar surface area (TPSA) is 58.5 Å². The lowest BCUT2D eigenvalue weighted by atomic mass is 9.78. The number of fused-ring (bicyclic) bond motifs is 9. The second-order valence-corrected chi connectivity index (χ2v) is 9.59. The zero-order valence-corrected chi connectivity index (χ0v) is 19.7. The van der Waals surface area contributed by atoms with Crippen LogP contribution >= 0.6 is 0 Å². The van der Waals surface area contributed by atoms with Gasteiger partial charge in [0.15, 0.2) is 5.58 Å². The highest BCUT2D eigenvalue weighted by Crippen LogP contribution is 2.40. The Kier molecular flexibility index (Phi) is 4.16. The summed E-state index contributed by atoms with van der Waals surface area (Å²) in [5.41, 5.74) is 4.68. The van der Waals surface area contributed by atoms with Crippen molar-refractivity contribution in [1.82, 2.24) is 4.57 Å². The molecule has 0 saturated carbocycles. The van der Waals surface area contributed by atoms with Gasteiger partial charge in [-0.1, -0.05) is 84.9 Å². The SMILES string of the molecule is OB(O)c1cc2ccccc2c2c1oc1c(-n3c4ccccc4c4cc5ccccc5cc43)cccc12. The van der Waals surface area contributed by atoms with Gasteiger partial charge in [-0.05, 0) is 45.8 Å². The molecule has 0 saturated heterocycles. The van der Waals surface area contributed by atoms with E-state index in [-0.39, 0.29) is 0 Å². The lowest BCUT2D eigenvalue weighted by molar-refractivity contribution is 0.425. The van der Waals surface area contributed by atoms with Gasteiger partial charge in [-0.3, -0.25) is 0 Å². The lowest BCUT2D eigenvalue weighted by Gasteiger charge is -2.09. The molecule has 2 heterocycles. The monoisotopic (exact) mass is 477 g/mol. The highest BCUT2D eigenvalue weighted by Gasteiger charge is 2.24. The minimum absolute atomic E-state index is 0.365. The average molecular weight is 477 g/mol. The van der Waals surface area contributed by atoms with Crippen LogP contribution in [0.15, 0.2) is 114 Å². The molecule has 174 valence electrons. The number of aromatic nitrogens is 1. The van der Waals surface area contributed by atoms with Crippen LogP contribution < -0.4 is 5.46 Å². The molecule has 0 aliphatic carbocycles. The van der Waals surface area contributed by atoms with Crippen molar-refractivity contribution in [3.63, 3.8) is 0 Å². The Bertz CT molecular complexity index is 2190. The van der Waals surface area contributed by atoms with Gasteiger partial charge in [0.25, 0.3) is 0 Å². The number of rotatable bonds is 2. The lowest BCUT2D eigenvalue weighted by Crippen LogP contribution is -2.30. The molecule has 8 rings (SSSR count). The summed E-state index contributed by atoms with van der Waals surface area (Å²) in [6.45, 7) is 0. The smallest absolute Gasteiger partial charge is 0.454 e. The maximum Gasteiger partial charge on any atom is 0.492 e. The predicted octanol–water partition coefficient (Wildman–Crippen LogP) is 6.67. The first-order valence-corrected chi connectivity index (χ1v) is 12.3. The molecule has 0 aliphatic rings. The molecule has 4 nitrogen and oxygen atoms in total. The molecule has 37 heavy (non-hydrogen) atoms. The molecule has 0 fully saturated rings. The van der Waals surface area contributed by atoms with Gasteiger partial charge >= 0.3 is 7.12 Å². The van der Waals surface area contributed by atoms with Gasteiger partial charge in [0.05, 0.1) is 16.7 Å². The van der Waals surface area contributed by atoms with E-state index < -0.39 is 7.12 Å². The summed E-state index contributed by atoms with van der Waals surface area (Å²) in [4.78, 5) is 0. The molecule has 0 aliphatic heterocycles. The fourth-order valence-electron chi connectivity index (χ4n) is 5.94.